The molecule has 52 valence electrons. The molecule has 4 atom stereocenters. The summed E-state index contributed by atoms with van der Waals surface area (Å²) in [7, 11) is 0. The minimum Gasteiger partial charge on any atom is -0.0879 e. The quantitative estimate of drug-likeness (QED) is 0.444. The molecule has 0 spiro atoms. The average Bonchev–Trinajstić information content (AvgIpc) is 2.60. The summed E-state index contributed by atoms with van der Waals surface area (Å²) in [5.41, 5.74) is 0. The molecule has 0 aromatic heterocycles. The van der Waals surface area contributed by atoms with Gasteiger partial charge in [0.1, 0.15) is 0 Å². The average molecular weight is 132 g/mol. The molecule has 3 aliphatic carbocycles. The van der Waals surface area contributed by atoms with Gasteiger partial charge in [-0.1, -0.05) is 24.3 Å². The van der Waals surface area contributed by atoms with E-state index in [0.717, 1.165) is 23.7 Å². The minimum atomic E-state index is 0.925. The molecule has 0 heterocycles. The molecule has 0 heteroatoms. The van der Waals surface area contributed by atoms with E-state index in [-0.39, 0.29) is 0 Å². The summed E-state index contributed by atoms with van der Waals surface area (Å²) in [6, 6.07) is 0. The number of allylic oxidation sites excluding steroid dienone is 4. The van der Waals surface area contributed by atoms with Gasteiger partial charge in [0.15, 0.2) is 0 Å². The lowest BCUT2D eigenvalue weighted by molar-refractivity contribution is 0.398. The van der Waals surface area contributed by atoms with Crippen molar-refractivity contribution >= 4 is 0 Å². The van der Waals surface area contributed by atoms with Crippen molar-refractivity contribution in [2.75, 3.05) is 0 Å². The maximum atomic E-state index is 2.44. The Labute approximate surface area is 61.6 Å². The summed E-state index contributed by atoms with van der Waals surface area (Å²) >= 11 is 0. The van der Waals surface area contributed by atoms with E-state index in [9.17, 15) is 0 Å². The molecule has 1 fully saturated rings. The lowest BCUT2D eigenvalue weighted by Gasteiger charge is -2.18. The van der Waals surface area contributed by atoms with Crippen molar-refractivity contribution in [2.24, 2.45) is 23.7 Å². The van der Waals surface area contributed by atoms with E-state index in [4.69, 9.17) is 0 Å². The highest BCUT2D eigenvalue weighted by atomic mass is 14.5. The van der Waals surface area contributed by atoms with Crippen molar-refractivity contribution in [3.63, 3.8) is 0 Å². The van der Waals surface area contributed by atoms with Crippen molar-refractivity contribution < 1.29 is 0 Å². The van der Waals surface area contributed by atoms with E-state index in [0.29, 0.717) is 0 Å². The maximum Gasteiger partial charge on any atom is -0.0133 e. The fourth-order valence-corrected chi connectivity index (χ4v) is 2.97. The van der Waals surface area contributed by atoms with Crippen molar-refractivity contribution in [2.45, 2.75) is 12.8 Å². The zero-order chi connectivity index (χ0) is 6.55. The van der Waals surface area contributed by atoms with Gasteiger partial charge in [-0.2, -0.15) is 0 Å². The van der Waals surface area contributed by atoms with Gasteiger partial charge >= 0.3 is 0 Å². The number of hydrogen-bond donors (Lipinski definition) is 0. The fraction of sp³-hybridized carbons (Fsp3) is 0.600. The van der Waals surface area contributed by atoms with Gasteiger partial charge in [-0.05, 0) is 36.5 Å². The van der Waals surface area contributed by atoms with Crippen LogP contribution < -0.4 is 0 Å². The maximum absolute atomic E-state index is 2.44. The molecule has 0 nitrogen and oxygen atoms in total. The largest absolute Gasteiger partial charge is 0.0879 e. The number of hydrogen-bond acceptors (Lipinski definition) is 0. The second-order valence-corrected chi connectivity index (χ2v) is 3.85. The highest BCUT2D eigenvalue weighted by Gasteiger charge is 2.44. The first-order valence-corrected chi connectivity index (χ1v) is 4.30. The summed E-state index contributed by atoms with van der Waals surface area (Å²) < 4.78 is 0. The molecule has 0 aromatic carbocycles. The van der Waals surface area contributed by atoms with E-state index in [1.165, 1.54) is 12.8 Å². The third kappa shape index (κ3) is 0.448. The molecule has 10 heavy (non-hydrogen) atoms. The lowest BCUT2D eigenvalue weighted by atomic mass is 9.86. The molecule has 0 unspecified atom stereocenters. The first-order valence-electron chi connectivity index (χ1n) is 4.30. The fourth-order valence-electron chi connectivity index (χ4n) is 2.97. The van der Waals surface area contributed by atoms with Crippen LogP contribution in [0.15, 0.2) is 24.3 Å². The Hall–Kier alpha value is -0.520. The highest BCUT2D eigenvalue weighted by molar-refractivity contribution is 5.21. The zero-order valence-corrected chi connectivity index (χ0v) is 6.03. The van der Waals surface area contributed by atoms with Crippen LogP contribution in [0.5, 0.6) is 0 Å². The first-order chi connectivity index (χ1) is 4.95. The van der Waals surface area contributed by atoms with Crippen LogP contribution in [0.25, 0.3) is 0 Å². The first kappa shape index (κ1) is 5.17. The van der Waals surface area contributed by atoms with Crippen LogP contribution >= 0.6 is 0 Å². The Morgan fingerprint density at radius 2 is 1.90 bits per heavy atom. The minimum absolute atomic E-state index is 0.925. The third-order valence-corrected chi connectivity index (χ3v) is 3.46. The summed E-state index contributed by atoms with van der Waals surface area (Å²) in [4.78, 5) is 0. The van der Waals surface area contributed by atoms with Crippen molar-refractivity contribution in [1.29, 1.82) is 0 Å². The van der Waals surface area contributed by atoms with Crippen molar-refractivity contribution in [3.05, 3.63) is 24.3 Å². The number of fused-ring (bicyclic) bond motifs is 5. The third-order valence-electron chi connectivity index (χ3n) is 3.46. The Morgan fingerprint density at radius 1 is 1.00 bits per heavy atom. The lowest BCUT2D eigenvalue weighted by Crippen LogP contribution is -2.12. The van der Waals surface area contributed by atoms with Gasteiger partial charge in [-0.3, -0.25) is 0 Å². The van der Waals surface area contributed by atoms with Gasteiger partial charge in [0.2, 0.25) is 0 Å². The van der Waals surface area contributed by atoms with Crippen LogP contribution in [0.1, 0.15) is 12.8 Å². The standard InChI is InChI=1S/C10H12/c1-2-9-7-4-5-8(6-7)10(9)3-1/h1-2,4-5,7-10H,3,6H2/t7-,8+,9-,10-/m0/s1. The van der Waals surface area contributed by atoms with E-state index >= 15 is 0 Å². The van der Waals surface area contributed by atoms with E-state index < -0.39 is 0 Å². The van der Waals surface area contributed by atoms with Gasteiger partial charge in [-0.25, -0.2) is 0 Å². The summed E-state index contributed by atoms with van der Waals surface area (Å²) in [6.45, 7) is 0. The molecule has 3 aliphatic rings. The monoisotopic (exact) mass is 132 g/mol. The molecular weight excluding hydrogens is 120 g/mol. The van der Waals surface area contributed by atoms with Gasteiger partial charge in [0, 0.05) is 0 Å². The smallest absolute Gasteiger partial charge is 0.0133 e. The molecule has 0 aliphatic heterocycles. The van der Waals surface area contributed by atoms with Crippen LogP contribution in [-0.2, 0) is 0 Å². The Morgan fingerprint density at radius 3 is 2.80 bits per heavy atom. The topological polar surface area (TPSA) is 0 Å². The summed E-state index contributed by atoms with van der Waals surface area (Å²) in [6.07, 6.45) is 12.5. The van der Waals surface area contributed by atoms with Gasteiger partial charge < -0.3 is 0 Å². The second kappa shape index (κ2) is 1.55. The van der Waals surface area contributed by atoms with Crippen molar-refractivity contribution in [1.82, 2.24) is 0 Å². The van der Waals surface area contributed by atoms with Crippen LogP contribution in [-0.4, -0.2) is 0 Å². The van der Waals surface area contributed by atoms with E-state index in [1.54, 1.807) is 0 Å². The van der Waals surface area contributed by atoms with Crippen LogP contribution in [0.4, 0.5) is 0 Å². The molecule has 0 aromatic rings. The van der Waals surface area contributed by atoms with E-state index in [1.807, 2.05) is 0 Å². The summed E-state index contributed by atoms with van der Waals surface area (Å²) in [5, 5.41) is 0. The Balaban J connectivity index is 2.04. The predicted octanol–water partition coefficient (Wildman–Crippen LogP) is 2.38. The van der Waals surface area contributed by atoms with Crippen molar-refractivity contribution in [3.8, 4) is 0 Å². The molecule has 2 bridgehead atoms. The Kier molecular flexibility index (Phi) is 0.803. The van der Waals surface area contributed by atoms with Crippen LogP contribution in [0.3, 0.4) is 0 Å². The van der Waals surface area contributed by atoms with Gasteiger partial charge in [0.25, 0.3) is 0 Å². The molecule has 0 amide bonds. The zero-order valence-electron chi connectivity index (χ0n) is 6.03. The molecule has 1 saturated carbocycles. The summed E-state index contributed by atoms with van der Waals surface area (Å²) in [5.74, 6) is 3.82. The van der Waals surface area contributed by atoms with Gasteiger partial charge in [0.05, 0.1) is 0 Å². The van der Waals surface area contributed by atoms with Crippen LogP contribution in [0, 0.1) is 23.7 Å². The Bertz CT molecular complexity index is 212. The number of rotatable bonds is 0. The SMILES string of the molecule is C1=C[C@@H]2[C@@H](C1)[C@@H]1C=C[C@H]2C1. The molecule has 0 radical (unpaired) electrons. The predicted molar refractivity (Wildman–Crippen MR) is 41.5 cm³/mol. The molecular formula is C10H12. The van der Waals surface area contributed by atoms with Gasteiger partial charge in [-0.15, -0.1) is 0 Å². The molecule has 0 N–H and O–H groups in total. The van der Waals surface area contributed by atoms with Crippen LogP contribution in [0.2, 0.25) is 0 Å². The second-order valence-electron chi connectivity index (χ2n) is 3.85. The molecule has 3 rings (SSSR count). The highest BCUT2D eigenvalue weighted by Crippen LogP contribution is 2.52. The van der Waals surface area contributed by atoms with E-state index in [2.05, 4.69) is 24.3 Å². The normalized spacial score (nSPS) is 54.4. The molecule has 0 saturated heterocycles.